The molecule has 0 atom stereocenters. The maximum atomic E-state index is 12.6. The van der Waals surface area contributed by atoms with Gasteiger partial charge in [0.1, 0.15) is 0 Å². The molecular weight excluding hydrogens is 394 g/mol. The number of carbonyl (C=O) groups excluding carboxylic acids is 2. The Hall–Kier alpha value is -3.54. The molecule has 0 fully saturated rings. The van der Waals surface area contributed by atoms with Gasteiger partial charge in [-0.3, -0.25) is 9.59 Å². The molecule has 0 aliphatic carbocycles. The van der Waals surface area contributed by atoms with Gasteiger partial charge in [0.25, 0.3) is 5.91 Å². The molecule has 0 unspecified atom stereocenters. The van der Waals surface area contributed by atoms with Crippen molar-refractivity contribution in [1.82, 2.24) is 4.90 Å². The fraction of sp³-hybridized carbons (Fsp3) is 0.280. The first-order chi connectivity index (χ1) is 15.0. The van der Waals surface area contributed by atoms with Crippen LogP contribution >= 0.6 is 0 Å². The Morgan fingerprint density at radius 2 is 1.65 bits per heavy atom. The monoisotopic (exact) mass is 421 g/mol. The molecule has 0 heterocycles. The standard InChI is InChI=1S/C25H27NO5/c1-4-26(16-18-12-13-22(29-2)23(14-18)30-3)24(27)17-31-25(28)15-20-10-7-9-19-8-5-6-11-21(19)20/h5-14H,4,15-17H2,1-3H3. The zero-order valence-electron chi connectivity index (χ0n) is 18.1. The summed E-state index contributed by atoms with van der Waals surface area (Å²) in [6, 6.07) is 19.2. The van der Waals surface area contributed by atoms with E-state index in [1.807, 2.05) is 61.5 Å². The Balaban J connectivity index is 1.59. The highest BCUT2D eigenvalue weighted by Gasteiger charge is 2.16. The van der Waals surface area contributed by atoms with Crippen molar-refractivity contribution in [2.24, 2.45) is 0 Å². The predicted octanol–water partition coefficient (Wildman–Crippen LogP) is 3.99. The number of nitrogens with zero attached hydrogens (tertiary/aromatic N) is 1. The van der Waals surface area contributed by atoms with Gasteiger partial charge < -0.3 is 19.1 Å². The van der Waals surface area contributed by atoms with E-state index in [0.717, 1.165) is 21.9 Å². The summed E-state index contributed by atoms with van der Waals surface area (Å²) >= 11 is 0. The molecule has 0 saturated carbocycles. The van der Waals surface area contributed by atoms with Crippen molar-refractivity contribution >= 4 is 22.6 Å². The maximum absolute atomic E-state index is 12.6. The Morgan fingerprint density at radius 1 is 0.903 bits per heavy atom. The normalized spacial score (nSPS) is 10.5. The molecule has 0 aromatic heterocycles. The summed E-state index contributed by atoms with van der Waals surface area (Å²) in [7, 11) is 3.14. The molecule has 0 aliphatic heterocycles. The molecule has 0 N–H and O–H groups in total. The van der Waals surface area contributed by atoms with Gasteiger partial charge in [0, 0.05) is 13.1 Å². The number of carbonyl (C=O) groups is 2. The molecule has 3 rings (SSSR count). The van der Waals surface area contributed by atoms with Crippen molar-refractivity contribution in [2.75, 3.05) is 27.4 Å². The minimum absolute atomic E-state index is 0.121. The first-order valence-corrected chi connectivity index (χ1v) is 10.2. The van der Waals surface area contributed by atoms with Crippen LogP contribution in [0.5, 0.6) is 11.5 Å². The summed E-state index contributed by atoms with van der Waals surface area (Å²) in [5, 5.41) is 2.08. The smallest absolute Gasteiger partial charge is 0.310 e. The molecule has 3 aromatic carbocycles. The topological polar surface area (TPSA) is 65.1 Å². The Morgan fingerprint density at radius 3 is 2.39 bits per heavy atom. The molecule has 6 heteroatoms. The highest BCUT2D eigenvalue weighted by molar-refractivity contribution is 5.89. The summed E-state index contributed by atoms with van der Waals surface area (Å²) in [5.74, 6) is 0.559. The zero-order valence-corrected chi connectivity index (χ0v) is 18.1. The van der Waals surface area contributed by atoms with E-state index in [2.05, 4.69) is 0 Å². The Bertz CT molecular complexity index is 1060. The number of benzene rings is 3. The van der Waals surface area contributed by atoms with E-state index in [9.17, 15) is 9.59 Å². The number of rotatable bonds is 9. The lowest BCUT2D eigenvalue weighted by Crippen LogP contribution is -2.34. The van der Waals surface area contributed by atoms with Crippen LogP contribution in [0.3, 0.4) is 0 Å². The quantitative estimate of drug-likeness (QED) is 0.489. The third-order valence-corrected chi connectivity index (χ3v) is 5.13. The van der Waals surface area contributed by atoms with Crippen LogP contribution in [0, 0.1) is 0 Å². The van der Waals surface area contributed by atoms with E-state index in [0.29, 0.717) is 24.6 Å². The summed E-state index contributed by atoms with van der Waals surface area (Å²) in [5.41, 5.74) is 1.78. The van der Waals surface area contributed by atoms with Crippen molar-refractivity contribution in [1.29, 1.82) is 0 Å². The van der Waals surface area contributed by atoms with Crippen LogP contribution in [-0.4, -0.2) is 44.1 Å². The minimum atomic E-state index is -0.424. The van der Waals surface area contributed by atoms with Crippen molar-refractivity contribution in [2.45, 2.75) is 19.9 Å². The van der Waals surface area contributed by atoms with Crippen LogP contribution in [-0.2, 0) is 27.3 Å². The van der Waals surface area contributed by atoms with Crippen molar-refractivity contribution in [3.05, 3.63) is 71.8 Å². The number of fused-ring (bicyclic) bond motifs is 1. The Kier molecular flexibility index (Phi) is 7.49. The average Bonchev–Trinajstić information content (AvgIpc) is 2.81. The second-order valence-electron chi connectivity index (χ2n) is 7.07. The SMILES string of the molecule is CCN(Cc1ccc(OC)c(OC)c1)C(=O)COC(=O)Cc1cccc2ccccc12. The maximum Gasteiger partial charge on any atom is 0.310 e. The van der Waals surface area contributed by atoms with E-state index in [4.69, 9.17) is 14.2 Å². The van der Waals surface area contributed by atoms with Crippen LogP contribution in [0.4, 0.5) is 0 Å². The molecule has 0 saturated heterocycles. The highest BCUT2D eigenvalue weighted by Crippen LogP contribution is 2.28. The number of methoxy groups -OCH3 is 2. The minimum Gasteiger partial charge on any atom is -0.493 e. The van der Waals surface area contributed by atoms with Gasteiger partial charge in [0.05, 0.1) is 20.6 Å². The largest absolute Gasteiger partial charge is 0.493 e. The van der Waals surface area contributed by atoms with E-state index in [1.165, 1.54) is 0 Å². The lowest BCUT2D eigenvalue weighted by atomic mass is 10.0. The summed E-state index contributed by atoms with van der Waals surface area (Å²) in [6.07, 6.45) is 0.121. The highest BCUT2D eigenvalue weighted by atomic mass is 16.5. The molecule has 0 aliphatic rings. The summed E-state index contributed by atoms with van der Waals surface area (Å²) < 4.78 is 15.9. The number of esters is 1. The van der Waals surface area contributed by atoms with E-state index in [1.54, 1.807) is 25.2 Å². The van der Waals surface area contributed by atoms with Crippen molar-refractivity contribution < 1.29 is 23.8 Å². The second-order valence-corrected chi connectivity index (χ2v) is 7.07. The second kappa shape index (κ2) is 10.5. The number of hydrogen-bond acceptors (Lipinski definition) is 5. The molecule has 1 amide bonds. The van der Waals surface area contributed by atoms with Crippen LogP contribution in [0.2, 0.25) is 0 Å². The van der Waals surface area contributed by atoms with Crippen LogP contribution in [0.1, 0.15) is 18.1 Å². The molecule has 0 spiro atoms. The van der Waals surface area contributed by atoms with Gasteiger partial charge in [-0.2, -0.15) is 0 Å². The van der Waals surface area contributed by atoms with Gasteiger partial charge >= 0.3 is 5.97 Å². The van der Waals surface area contributed by atoms with Gasteiger partial charge in [-0.1, -0.05) is 48.5 Å². The molecule has 0 bridgehead atoms. The van der Waals surface area contributed by atoms with Crippen LogP contribution in [0.25, 0.3) is 10.8 Å². The van der Waals surface area contributed by atoms with Gasteiger partial charge in [0.2, 0.25) is 0 Å². The third-order valence-electron chi connectivity index (χ3n) is 5.13. The fourth-order valence-electron chi connectivity index (χ4n) is 3.46. The first-order valence-electron chi connectivity index (χ1n) is 10.2. The van der Waals surface area contributed by atoms with Crippen LogP contribution in [0.15, 0.2) is 60.7 Å². The summed E-state index contributed by atoms with van der Waals surface area (Å²) in [6.45, 7) is 2.48. The fourth-order valence-corrected chi connectivity index (χ4v) is 3.46. The molecule has 6 nitrogen and oxygen atoms in total. The molecular formula is C25H27NO5. The van der Waals surface area contributed by atoms with Gasteiger partial charge in [-0.05, 0) is 41.0 Å². The van der Waals surface area contributed by atoms with Crippen molar-refractivity contribution in [3.8, 4) is 11.5 Å². The zero-order chi connectivity index (χ0) is 22.2. The molecule has 31 heavy (non-hydrogen) atoms. The molecule has 0 radical (unpaired) electrons. The van der Waals surface area contributed by atoms with E-state index in [-0.39, 0.29) is 18.9 Å². The third kappa shape index (κ3) is 5.54. The number of amides is 1. The lowest BCUT2D eigenvalue weighted by molar-refractivity contribution is -0.151. The predicted molar refractivity (Wildman–Crippen MR) is 119 cm³/mol. The van der Waals surface area contributed by atoms with Gasteiger partial charge in [-0.25, -0.2) is 0 Å². The average molecular weight is 421 g/mol. The van der Waals surface area contributed by atoms with E-state index < -0.39 is 5.97 Å². The lowest BCUT2D eigenvalue weighted by Gasteiger charge is -2.21. The summed E-state index contributed by atoms with van der Waals surface area (Å²) in [4.78, 5) is 26.6. The van der Waals surface area contributed by atoms with Gasteiger partial charge in [0.15, 0.2) is 18.1 Å². The number of likely N-dealkylation sites (N-methyl/N-ethyl adjacent to an activating group) is 1. The molecule has 162 valence electrons. The Labute approximate surface area is 182 Å². The first kappa shape index (κ1) is 22.2. The van der Waals surface area contributed by atoms with Crippen LogP contribution < -0.4 is 9.47 Å². The molecule has 3 aromatic rings. The van der Waals surface area contributed by atoms with Crippen molar-refractivity contribution in [3.63, 3.8) is 0 Å². The van der Waals surface area contributed by atoms with E-state index >= 15 is 0 Å². The van der Waals surface area contributed by atoms with Gasteiger partial charge in [-0.15, -0.1) is 0 Å². The number of hydrogen-bond donors (Lipinski definition) is 0. The number of ether oxygens (including phenoxy) is 3.